The summed E-state index contributed by atoms with van der Waals surface area (Å²) in [7, 11) is 0. The van der Waals surface area contributed by atoms with Crippen LogP contribution in [0.3, 0.4) is 0 Å². The first kappa shape index (κ1) is 14.3. The van der Waals surface area contributed by atoms with E-state index in [0.717, 1.165) is 12.8 Å². The largest absolute Gasteiger partial charge is 0.324 e. The van der Waals surface area contributed by atoms with Crippen molar-refractivity contribution < 1.29 is 8.78 Å². The summed E-state index contributed by atoms with van der Waals surface area (Å²) in [4.78, 5) is 0. The van der Waals surface area contributed by atoms with Crippen LogP contribution in [0.4, 0.5) is 8.78 Å². The van der Waals surface area contributed by atoms with E-state index in [2.05, 4.69) is 0 Å². The molecule has 0 saturated carbocycles. The molecule has 1 nitrogen and oxygen atoms in total. The summed E-state index contributed by atoms with van der Waals surface area (Å²) in [5.74, 6) is -1.10. The van der Waals surface area contributed by atoms with E-state index >= 15 is 0 Å². The van der Waals surface area contributed by atoms with Gasteiger partial charge in [-0.3, -0.25) is 0 Å². The molecule has 0 aliphatic rings. The Morgan fingerprint density at radius 1 is 1.27 bits per heavy atom. The third kappa shape index (κ3) is 3.76. The monoisotopic (exact) mass is 235 g/mol. The molecule has 0 saturated heterocycles. The average molecular weight is 236 g/mol. The van der Waals surface area contributed by atoms with Crippen molar-refractivity contribution >= 4 is 12.4 Å². The highest BCUT2D eigenvalue weighted by atomic mass is 35.5. The van der Waals surface area contributed by atoms with Crippen LogP contribution in [0, 0.1) is 11.6 Å². The quantitative estimate of drug-likeness (QED) is 0.848. The van der Waals surface area contributed by atoms with Gasteiger partial charge in [-0.1, -0.05) is 25.8 Å². The minimum atomic E-state index is -0.548. The normalized spacial score (nSPS) is 12.0. The number of hydrogen-bond acceptors (Lipinski definition) is 1. The van der Waals surface area contributed by atoms with Gasteiger partial charge in [-0.2, -0.15) is 0 Å². The second-order valence-electron chi connectivity index (χ2n) is 3.38. The zero-order chi connectivity index (χ0) is 10.6. The van der Waals surface area contributed by atoms with Crippen LogP contribution in [0.15, 0.2) is 18.2 Å². The summed E-state index contributed by atoms with van der Waals surface area (Å²) in [6, 6.07) is 3.30. The van der Waals surface area contributed by atoms with E-state index in [1.54, 1.807) is 0 Å². The van der Waals surface area contributed by atoms with Gasteiger partial charge >= 0.3 is 0 Å². The smallest absolute Gasteiger partial charge is 0.130 e. The minimum Gasteiger partial charge on any atom is -0.324 e. The van der Waals surface area contributed by atoms with Crippen molar-refractivity contribution in [3.63, 3.8) is 0 Å². The van der Waals surface area contributed by atoms with Crippen LogP contribution in [-0.2, 0) is 0 Å². The van der Waals surface area contributed by atoms with Gasteiger partial charge in [0.15, 0.2) is 0 Å². The lowest BCUT2D eigenvalue weighted by atomic mass is 10.0. The van der Waals surface area contributed by atoms with Crippen LogP contribution < -0.4 is 5.73 Å². The number of nitrogens with two attached hydrogens (primary N) is 1. The summed E-state index contributed by atoms with van der Waals surface area (Å²) in [5.41, 5.74) is 5.72. The van der Waals surface area contributed by atoms with Gasteiger partial charge in [0, 0.05) is 11.6 Å². The van der Waals surface area contributed by atoms with Crippen LogP contribution >= 0.6 is 12.4 Å². The van der Waals surface area contributed by atoms with Crippen molar-refractivity contribution in [1.82, 2.24) is 0 Å². The number of hydrogen-bond donors (Lipinski definition) is 1. The molecule has 0 fully saturated rings. The van der Waals surface area contributed by atoms with Crippen LogP contribution in [0.5, 0.6) is 0 Å². The zero-order valence-electron chi connectivity index (χ0n) is 8.67. The third-order valence-corrected chi connectivity index (χ3v) is 2.24. The van der Waals surface area contributed by atoms with E-state index in [-0.39, 0.29) is 18.0 Å². The molecule has 0 heterocycles. The molecule has 1 aromatic rings. The highest BCUT2D eigenvalue weighted by Crippen LogP contribution is 2.22. The molecule has 2 N–H and O–H groups in total. The highest BCUT2D eigenvalue weighted by molar-refractivity contribution is 5.85. The van der Waals surface area contributed by atoms with Crippen LogP contribution in [0.1, 0.15) is 37.8 Å². The molecular weight excluding hydrogens is 220 g/mol. The predicted molar refractivity (Wildman–Crippen MR) is 60.1 cm³/mol. The van der Waals surface area contributed by atoms with E-state index in [1.165, 1.54) is 18.2 Å². The van der Waals surface area contributed by atoms with Crippen LogP contribution in [-0.4, -0.2) is 0 Å². The standard InChI is InChI=1S/C11H15F2N.ClH/c1-2-3-7-10(14)11-8(12)5-4-6-9(11)13;/h4-6,10H,2-3,7,14H2,1H3;1H/t10-;/m1./s1. The zero-order valence-corrected chi connectivity index (χ0v) is 9.49. The number of halogens is 3. The molecule has 0 aliphatic carbocycles. The Morgan fingerprint density at radius 3 is 2.27 bits per heavy atom. The summed E-state index contributed by atoms with van der Waals surface area (Å²) >= 11 is 0. The molecule has 1 rings (SSSR count). The molecule has 86 valence electrons. The molecule has 0 aliphatic heterocycles. The van der Waals surface area contributed by atoms with Gasteiger partial charge in [0.1, 0.15) is 11.6 Å². The van der Waals surface area contributed by atoms with Crippen LogP contribution in [0.25, 0.3) is 0 Å². The SMILES string of the molecule is CCCC[C@@H](N)c1c(F)cccc1F.Cl. The summed E-state index contributed by atoms with van der Waals surface area (Å²) < 4.78 is 26.4. The van der Waals surface area contributed by atoms with E-state index in [4.69, 9.17) is 5.73 Å². The maximum absolute atomic E-state index is 13.2. The lowest BCUT2D eigenvalue weighted by molar-refractivity contribution is 0.502. The maximum atomic E-state index is 13.2. The first-order chi connectivity index (χ1) is 6.66. The van der Waals surface area contributed by atoms with Gasteiger partial charge in [0.05, 0.1) is 0 Å². The Balaban J connectivity index is 0.00000196. The van der Waals surface area contributed by atoms with Gasteiger partial charge in [-0.05, 0) is 18.6 Å². The lowest BCUT2D eigenvalue weighted by Gasteiger charge is -2.12. The molecule has 0 aromatic heterocycles. The molecule has 0 unspecified atom stereocenters. The van der Waals surface area contributed by atoms with Gasteiger partial charge in [0.25, 0.3) is 0 Å². The second-order valence-corrected chi connectivity index (χ2v) is 3.38. The van der Waals surface area contributed by atoms with Gasteiger partial charge in [0.2, 0.25) is 0 Å². The van der Waals surface area contributed by atoms with E-state index in [1.807, 2.05) is 6.92 Å². The Hall–Kier alpha value is -0.670. The minimum absolute atomic E-state index is 0. The van der Waals surface area contributed by atoms with Gasteiger partial charge in [-0.25, -0.2) is 8.78 Å². The highest BCUT2D eigenvalue weighted by Gasteiger charge is 2.15. The molecule has 15 heavy (non-hydrogen) atoms. The van der Waals surface area contributed by atoms with Gasteiger partial charge in [-0.15, -0.1) is 12.4 Å². The third-order valence-electron chi connectivity index (χ3n) is 2.24. The first-order valence-electron chi connectivity index (χ1n) is 4.86. The fraction of sp³-hybridized carbons (Fsp3) is 0.455. The molecule has 1 aromatic carbocycles. The molecule has 0 bridgehead atoms. The van der Waals surface area contributed by atoms with Gasteiger partial charge < -0.3 is 5.73 Å². The van der Waals surface area contributed by atoms with Crippen molar-refractivity contribution in [3.8, 4) is 0 Å². The molecule has 0 amide bonds. The summed E-state index contributed by atoms with van der Waals surface area (Å²) in [6.07, 6.45) is 2.48. The van der Waals surface area contributed by atoms with Crippen molar-refractivity contribution in [1.29, 1.82) is 0 Å². The Bertz CT molecular complexity index is 284. The molecule has 0 radical (unpaired) electrons. The van der Waals surface area contributed by atoms with Crippen molar-refractivity contribution in [3.05, 3.63) is 35.4 Å². The second kappa shape index (κ2) is 6.75. The van der Waals surface area contributed by atoms with Crippen LogP contribution in [0.2, 0.25) is 0 Å². The first-order valence-corrected chi connectivity index (χ1v) is 4.86. The van der Waals surface area contributed by atoms with E-state index in [9.17, 15) is 8.78 Å². The average Bonchev–Trinajstić information content (AvgIpc) is 2.14. The molecule has 4 heteroatoms. The Morgan fingerprint density at radius 2 is 1.80 bits per heavy atom. The van der Waals surface area contributed by atoms with Crippen molar-refractivity contribution in [2.45, 2.75) is 32.2 Å². The molecule has 0 spiro atoms. The Labute approximate surface area is 95.1 Å². The fourth-order valence-electron chi connectivity index (χ4n) is 1.43. The summed E-state index contributed by atoms with van der Waals surface area (Å²) in [6.45, 7) is 2.02. The van der Waals surface area contributed by atoms with E-state index < -0.39 is 17.7 Å². The number of unbranched alkanes of at least 4 members (excludes halogenated alkanes) is 1. The molecule has 1 atom stereocenters. The predicted octanol–water partition coefficient (Wildman–Crippen LogP) is 3.58. The fourth-order valence-corrected chi connectivity index (χ4v) is 1.43. The number of benzene rings is 1. The molecular formula is C11H16ClF2N. The Kier molecular flexibility index (Phi) is 6.45. The van der Waals surface area contributed by atoms with Crippen molar-refractivity contribution in [2.75, 3.05) is 0 Å². The topological polar surface area (TPSA) is 26.0 Å². The summed E-state index contributed by atoms with van der Waals surface area (Å²) in [5, 5.41) is 0. The van der Waals surface area contributed by atoms with Crippen molar-refractivity contribution in [2.24, 2.45) is 5.73 Å². The maximum Gasteiger partial charge on any atom is 0.130 e. The lowest BCUT2D eigenvalue weighted by Crippen LogP contribution is -2.14. The number of rotatable bonds is 4. The van der Waals surface area contributed by atoms with E-state index in [0.29, 0.717) is 6.42 Å².